The summed E-state index contributed by atoms with van der Waals surface area (Å²) in [5, 5.41) is 6.04. The van der Waals surface area contributed by atoms with Crippen molar-refractivity contribution >= 4 is 23.4 Å². The molecule has 2 N–H and O–H groups in total. The third-order valence-electron chi connectivity index (χ3n) is 5.48. The first-order chi connectivity index (χ1) is 13.5. The van der Waals surface area contributed by atoms with Crippen molar-refractivity contribution in [1.82, 2.24) is 5.32 Å². The van der Waals surface area contributed by atoms with Gasteiger partial charge in [0.05, 0.1) is 17.3 Å². The Hall–Kier alpha value is -2.18. The van der Waals surface area contributed by atoms with E-state index in [4.69, 9.17) is 16.3 Å². The molecular weight excluding hydrogens is 386 g/mol. The van der Waals surface area contributed by atoms with Gasteiger partial charge in [-0.3, -0.25) is 5.32 Å². The lowest BCUT2D eigenvalue weighted by Crippen LogP contribution is -2.39. The summed E-state index contributed by atoms with van der Waals surface area (Å²) in [4.78, 5) is 12.3. The zero-order valence-corrected chi connectivity index (χ0v) is 15.9. The number of amides is 1. The summed E-state index contributed by atoms with van der Waals surface area (Å²) in [6.07, 6.45) is 3.73. The lowest BCUT2D eigenvalue weighted by molar-refractivity contribution is 0.122. The highest BCUT2D eigenvalue weighted by atomic mass is 35.5. The molecule has 28 heavy (non-hydrogen) atoms. The van der Waals surface area contributed by atoms with Crippen molar-refractivity contribution in [1.29, 1.82) is 0 Å². The van der Waals surface area contributed by atoms with Crippen molar-refractivity contribution in [2.45, 2.75) is 37.8 Å². The van der Waals surface area contributed by atoms with Crippen LogP contribution in [0.4, 0.5) is 19.3 Å². The second kappa shape index (κ2) is 8.05. The van der Waals surface area contributed by atoms with E-state index in [2.05, 4.69) is 10.6 Å². The van der Waals surface area contributed by atoms with Gasteiger partial charge in [0, 0.05) is 17.6 Å². The average Bonchev–Trinajstić information content (AvgIpc) is 3.01. The van der Waals surface area contributed by atoms with Crippen LogP contribution in [0.1, 0.15) is 25.7 Å². The number of hydrogen-bond acceptors (Lipinski definition) is 3. The van der Waals surface area contributed by atoms with E-state index in [0.717, 1.165) is 18.9 Å². The molecule has 0 radical (unpaired) electrons. The van der Waals surface area contributed by atoms with E-state index in [1.54, 1.807) is 6.07 Å². The zero-order valence-electron chi connectivity index (χ0n) is 15.2. The molecule has 0 aliphatic carbocycles. The number of anilines is 1. The Labute approximate surface area is 167 Å². The van der Waals surface area contributed by atoms with Gasteiger partial charge in [-0.2, -0.15) is 0 Å². The Kier molecular flexibility index (Phi) is 5.51. The first-order valence-corrected chi connectivity index (χ1v) is 9.81. The minimum atomic E-state index is -0.633. The van der Waals surface area contributed by atoms with Crippen molar-refractivity contribution in [2.24, 2.45) is 5.92 Å². The van der Waals surface area contributed by atoms with Crippen LogP contribution in [0.25, 0.3) is 11.1 Å². The fourth-order valence-corrected chi connectivity index (χ4v) is 4.40. The number of nitrogens with one attached hydrogen (secondary N) is 2. The van der Waals surface area contributed by atoms with Crippen molar-refractivity contribution in [3.05, 3.63) is 53.1 Å². The Morgan fingerprint density at radius 3 is 2.61 bits per heavy atom. The average molecular weight is 407 g/mol. The first-order valence-electron chi connectivity index (χ1n) is 9.43. The van der Waals surface area contributed by atoms with E-state index in [1.807, 2.05) is 0 Å². The first kappa shape index (κ1) is 19.2. The van der Waals surface area contributed by atoms with Crippen LogP contribution in [-0.4, -0.2) is 24.8 Å². The molecule has 2 heterocycles. The molecule has 2 saturated heterocycles. The van der Waals surface area contributed by atoms with E-state index in [1.165, 1.54) is 37.1 Å². The SMILES string of the molecule is O=C(Nc1cccc(F)c1-c1ccc(F)c(Cl)c1)OCC1CC2CCC(C1)N2. The van der Waals surface area contributed by atoms with Gasteiger partial charge in [-0.05, 0) is 61.4 Å². The number of benzene rings is 2. The fourth-order valence-electron chi connectivity index (χ4n) is 4.22. The molecule has 2 fully saturated rings. The molecule has 1 amide bonds. The molecule has 0 aromatic heterocycles. The number of carbonyl (C=O) groups is 1. The standard InChI is InChI=1S/C21H21ClF2N2O2/c22-16-10-13(4-7-17(16)23)20-18(24)2-1-3-19(20)26-21(27)28-11-12-8-14-5-6-15(9-12)25-14/h1-4,7,10,12,14-15,25H,5-6,8-9,11H2,(H,26,27). The van der Waals surface area contributed by atoms with Gasteiger partial charge < -0.3 is 10.1 Å². The normalized spacial score (nSPS) is 23.5. The second-order valence-electron chi connectivity index (χ2n) is 7.49. The highest BCUT2D eigenvalue weighted by Gasteiger charge is 2.33. The van der Waals surface area contributed by atoms with E-state index >= 15 is 0 Å². The maximum absolute atomic E-state index is 14.5. The van der Waals surface area contributed by atoms with Crippen LogP contribution >= 0.6 is 11.6 Å². The third-order valence-corrected chi connectivity index (χ3v) is 5.77. The van der Waals surface area contributed by atoms with Crippen LogP contribution in [0.2, 0.25) is 5.02 Å². The van der Waals surface area contributed by atoms with Gasteiger partial charge >= 0.3 is 6.09 Å². The molecular formula is C21H21ClF2N2O2. The summed E-state index contributed by atoms with van der Waals surface area (Å²) in [5.74, 6) is -0.797. The van der Waals surface area contributed by atoms with Crippen molar-refractivity contribution < 1.29 is 18.3 Å². The van der Waals surface area contributed by atoms with Crippen LogP contribution in [0.15, 0.2) is 36.4 Å². The lowest BCUT2D eigenvalue weighted by Gasteiger charge is -2.28. The fraction of sp³-hybridized carbons (Fsp3) is 0.381. The topological polar surface area (TPSA) is 50.4 Å². The summed E-state index contributed by atoms with van der Waals surface area (Å²) in [5.41, 5.74) is 0.758. The van der Waals surface area contributed by atoms with Crippen LogP contribution in [0.3, 0.4) is 0 Å². The van der Waals surface area contributed by atoms with Gasteiger partial charge in [-0.25, -0.2) is 13.6 Å². The molecule has 2 aromatic carbocycles. The molecule has 2 atom stereocenters. The maximum Gasteiger partial charge on any atom is 0.411 e. The summed E-state index contributed by atoms with van der Waals surface area (Å²) in [7, 11) is 0. The van der Waals surface area contributed by atoms with E-state index in [0.29, 0.717) is 30.2 Å². The van der Waals surface area contributed by atoms with E-state index < -0.39 is 17.7 Å². The van der Waals surface area contributed by atoms with Crippen LogP contribution < -0.4 is 10.6 Å². The summed E-state index contributed by atoms with van der Waals surface area (Å²) < 4.78 is 33.3. The number of ether oxygens (including phenoxy) is 1. The molecule has 2 aromatic rings. The number of halogens is 3. The second-order valence-corrected chi connectivity index (χ2v) is 7.90. The third kappa shape index (κ3) is 4.13. The van der Waals surface area contributed by atoms with Gasteiger partial charge in [0.1, 0.15) is 11.6 Å². The molecule has 148 valence electrons. The Morgan fingerprint density at radius 2 is 1.89 bits per heavy atom. The monoisotopic (exact) mass is 406 g/mol. The quantitative estimate of drug-likeness (QED) is 0.718. The van der Waals surface area contributed by atoms with Gasteiger partial charge in [0.2, 0.25) is 0 Å². The molecule has 2 bridgehead atoms. The molecule has 7 heteroatoms. The number of carbonyl (C=O) groups excluding carboxylic acids is 1. The molecule has 0 saturated carbocycles. The summed E-state index contributed by atoms with van der Waals surface area (Å²) >= 11 is 5.82. The summed E-state index contributed by atoms with van der Waals surface area (Å²) in [6.45, 7) is 0.341. The van der Waals surface area contributed by atoms with Crippen molar-refractivity contribution in [2.75, 3.05) is 11.9 Å². The Balaban J connectivity index is 1.45. The van der Waals surface area contributed by atoms with Crippen LogP contribution in [-0.2, 0) is 4.74 Å². The van der Waals surface area contributed by atoms with Gasteiger partial charge in [-0.1, -0.05) is 23.7 Å². The highest BCUT2D eigenvalue weighted by molar-refractivity contribution is 6.31. The number of hydrogen-bond donors (Lipinski definition) is 2. The molecule has 2 aliphatic heterocycles. The number of fused-ring (bicyclic) bond motifs is 2. The van der Waals surface area contributed by atoms with Crippen molar-refractivity contribution in [3.8, 4) is 11.1 Å². The molecule has 0 spiro atoms. The van der Waals surface area contributed by atoms with Gasteiger partial charge in [0.15, 0.2) is 0 Å². The predicted molar refractivity (Wildman–Crippen MR) is 104 cm³/mol. The largest absolute Gasteiger partial charge is 0.449 e. The maximum atomic E-state index is 14.5. The van der Waals surface area contributed by atoms with Gasteiger partial charge in [-0.15, -0.1) is 0 Å². The Bertz CT molecular complexity index is 881. The number of rotatable bonds is 4. The molecule has 2 unspecified atom stereocenters. The Morgan fingerprint density at radius 1 is 1.14 bits per heavy atom. The number of piperidine rings is 1. The molecule has 4 nitrogen and oxygen atoms in total. The van der Waals surface area contributed by atoms with Crippen LogP contribution in [0, 0.1) is 17.6 Å². The molecule has 4 rings (SSSR count). The van der Waals surface area contributed by atoms with E-state index in [9.17, 15) is 13.6 Å². The predicted octanol–water partition coefficient (Wildman–Crippen LogP) is 5.36. The highest BCUT2D eigenvalue weighted by Crippen LogP contribution is 2.34. The lowest BCUT2D eigenvalue weighted by atomic mass is 9.93. The van der Waals surface area contributed by atoms with Crippen molar-refractivity contribution in [3.63, 3.8) is 0 Å². The minimum Gasteiger partial charge on any atom is -0.449 e. The zero-order chi connectivity index (χ0) is 19.7. The van der Waals surface area contributed by atoms with E-state index in [-0.39, 0.29) is 16.3 Å². The smallest absolute Gasteiger partial charge is 0.411 e. The van der Waals surface area contributed by atoms with Gasteiger partial charge in [0.25, 0.3) is 0 Å². The summed E-state index contributed by atoms with van der Waals surface area (Å²) in [6, 6.07) is 9.29. The van der Waals surface area contributed by atoms with Crippen LogP contribution in [0.5, 0.6) is 0 Å². The minimum absolute atomic E-state index is 0.116. The molecule has 2 aliphatic rings.